The van der Waals surface area contributed by atoms with E-state index in [-0.39, 0.29) is 32.6 Å². The number of para-hydroxylation sites is 2. The molecule has 2 N–H and O–H groups in total. The van der Waals surface area contributed by atoms with Crippen LogP contribution in [-0.4, -0.2) is 48.8 Å². The monoisotopic (exact) mass is 649 g/mol. The van der Waals surface area contributed by atoms with Crippen LogP contribution in [0, 0.1) is 0 Å². The molecule has 2 aliphatic heterocycles. The molecule has 2 aliphatic rings. The molecule has 0 aliphatic carbocycles. The number of aliphatic imine (C=N–C) groups is 2. The van der Waals surface area contributed by atoms with Gasteiger partial charge in [0.1, 0.15) is 11.5 Å². The van der Waals surface area contributed by atoms with Crippen LogP contribution in [0.3, 0.4) is 0 Å². The molecular weight excluding hydrogens is 619 g/mol. The Hall–Kier alpha value is -3.11. The largest absolute Gasteiger partial charge is 0.507 e. The van der Waals surface area contributed by atoms with Gasteiger partial charge in [-0.1, -0.05) is 12.1 Å². The third-order valence-electron chi connectivity index (χ3n) is 6.53. The summed E-state index contributed by atoms with van der Waals surface area (Å²) in [7, 11) is 0. The summed E-state index contributed by atoms with van der Waals surface area (Å²) in [5, 5.41) is 20.7. The molecule has 0 spiro atoms. The number of nitrogens with zero attached hydrogens (tertiary/aromatic N) is 4. The summed E-state index contributed by atoms with van der Waals surface area (Å²) in [6, 6.07) is 19.0. The molecule has 35 heavy (non-hydrogen) atoms. The average molecular weight is 650 g/mol. The molecule has 6 nitrogen and oxygen atoms in total. The third kappa shape index (κ3) is 5.94. The van der Waals surface area contributed by atoms with Crippen LogP contribution in [-0.2, 0) is 21.1 Å². The van der Waals surface area contributed by atoms with Crippen molar-refractivity contribution in [3.8, 4) is 11.5 Å². The van der Waals surface area contributed by atoms with Gasteiger partial charge in [0, 0.05) is 82.2 Å². The SMILES string of the molecule is Oc1ccc(N2CCCC2)cc1C=Nc1ccccc1N=Cc1cc(N2CCCC2)ccc1O.[Pt]. The molecule has 0 bridgehead atoms. The maximum atomic E-state index is 10.4. The summed E-state index contributed by atoms with van der Waals surface area (Å²) in [4.78, 5) is 13.9. The van der Waals surface area contributed by atoms with E-state index in [1.807, 2.05) is 48.5 Å². The Kier molecular flexibility index (Phi) is 8.24. The number of phenolic OH excluding ortho intramolecular Hbond substituents is 2. The first-order chi connectivity index (χ1) is 16.7. The summed E-state index contributed by atoms with van der Waals surface area (Å²) in [5.74, 6) is 0.410. The number of anilines is 2. The van der Waals surface area contributed by atoms with Crippen molar-refractivity contribution < 1.29 is 31.3 Å². The van der Waals surface area contributed by atoms with Crippen molar-refractivity contribution in [2.24, 2.45) is 9.98 Å². The Balaban J connectivity index is 0.00000289. The van der Waals surface area contributed by atoms with Gasteiger partial charge in [-0.05, 0) is 74.2 Å². The predicted molar refractivity (Wildman–Crippen MR) is 140 cm³/mol. The minimum absolute atomic E-state index is 0. The Bertz CT molecular complexity index is 1120. The van der Waals surface area contributed by atoms with Gasteiger partial charge >= 0.3 is 0 Å². The smallest absolute Gasteiger partial charge is 0.124 e. The van der Waals surface area contributed by atoms with Crippen molar-refractivity contribution in [2.45, 2.75) is 25.7 Å². The van der Waals surface area contributed by atoms with Gasteiger partial charge in [0.25, 0.3) is 0 Å². The van der Waals surface area contributed by atoms with E-state index < -0.39 is 0 Å². The van der Waals surface area contributed by atoms with E-state index in [4.69, 9.17) is 0 Å². The number of phenols is 2. The maximum absolute atomic E-state index is 10.4. The quantitative estimate of drug-likeness (QED) is 0.332. The van der Waals surface area contributed by atoms with E-state index >= 15 is 0 Å². The van der Waals surface area contributed by atoms with Gasteiger partial charge in [-0.3, -0.25) is 9.98 Å². The van der Waals surface area contributed by atoms with Crippen molar-refractivity contribution in [3.63, 3.8) is 0 Å². The number of aromatic hydroxyl groups is 2. The molecule has 0 saturated carbocycles. The van der Waals surface area contributed by atoms with E-state index in [1.54, 1.807) is 24.6 Å². The maximum Gasteiger partial charge on any atom is 0.124 e. The van der Waals surface area contributed by atoms with Crippen molar-refractivity contribution in [2.75, 3.05) is 36.0 Å². The fourth-order valence-corrected chi connectivity index (χ4v) is 4.60. The first-order valence-electron chi connectivity index (χ1n) is 12.0. The molecule has 0 atom stereocenters. The molecule has 0 aromatic heterocycles. The van der Waals surface area contributed by atoms with Gasteiger partial charge in [-0.2, -0.15) is 0 Å². The Morgan fingerprint density at radius 3 is 1.40 bits per heavy atom. The van der Waals surface area contributed by atoms with Gasteiger partial charge in [-0.25, -0.2) is 0 Å². The zero-order valence-electron chi connectivity index (χ0n) is 19.6. The first-order valence-corrected chi connectivity index (χ1v) is 12.0. The summed E-state index contributed by atoms with van der Waals surface area (Å²) >= 11 is 0. The van der Waals surface area contributed by atoms with E-state index in [2.05, 4.69) is 19.8 Å². The third-order valence-corrected chi connectivity index (χ3v) is 6.53. The van der Waals surface area contributed by atoms with Crippen molar-refractivity contribution in [1.29, 1.82) is 0 Å². The number of hydrogen-bond acceptors (Lipinski definition) is 6. The molecule has 2 heterocycles. The summed E-state index contributed by atoms with van der Waals surface area (Å²) < 4.78 is 0. The van der Waals surface area contributed by atoms with E-state index in [0.717, 1.165) is 37.6 Å². The molecule has 2 saturated heterocycles. The molecule has 0 amide bonds. The van der Waals surface area contributed by atoms with Gasteiger partial charge in [0.05, 0.1) is 11.4 Å². The zero-order valence-corrected chi connectivity index (χ0v) is 21.9. The Morgan fingerprint density at radius 1 is 0.600 bits per heavy atom. The van der Waals surface area contributed by atoms with Crippen LogP contribution in [0.2, 0.25) is 0 Å². The van der Waals surface area contributed by atoms with Crippen LogP contribution in [0.25, 0.3) is 0 Å². The fraction of sp³-hybridized carbons (Fsp3) is 0.286. The fourth-order valence-electron chi connectivity index (χ4n) is 4.60. The molecular formula is C28H30N4O2Pt. The summed E-state index contributed by atoms with van der Waals surface area (Å²) in [6.07, 6.45) is 8.18. The zero-order chi connectivity index (χ0) is 23.3. The summed E-state index contributed by atoms with van der Waals surface area (Å²) in [5.41, 5.74) is 4.96. The van der Waals surface area contributed by atoms with Gasteiger partial charge in [0.15, 0.2) is 0 Å². The Morgan fingerprint density at radius 2 is 1.00 bits per heavy atom. The van der Waals surface area contributed by atoms with Crippen LogP contribution in [0.1, 0.15) is 36.8 Å². The number of hydrogen-bond donors (Lipinski definition) is 2. The average Bonchev–Trinajstić information content (AvgIpc) is 3.58. The van der Waals surface area contributed by atoms with Gasteiger partial charge in [-0.15, -0.1) is 0 Å². The van der Waals surface area contributed by atoms with E-state index in [0.29, 0.717) is 22.5 Å². The molecule has 0 radical (unpaired) electrons. The van der Waals surface area contributed by atoms with Crippen LogP contribution < -0.4 is 9.80 Å². The molecule has 2 fully saturated rings. The predicted octanol–water partition coefficient (Wildman–Crippen LogP) is 5.80. The molecule has 3 aromatic carbocycles. The molecule has 3 aromatic rings. The van der Waals surface area contributed by atoms with E-state index in [9.17, 15) is 10.2 Å². The second-order valence-electron chi connectivity index (χ2n) is 8.88. The Labute approximate surface area is 220 Å². The van der Waals surface area contributed by atoms with Crippen LogP contribution in [0.15, 0.2) is 70.6 Å². The number of rotatable bonds is 6. The van der Waals surface area contributed by atoms with Gasteiger partial charge in [0.2, 0.25) is 0 Å². The van der Waals surface area contributed by atoms with Crippen molar-refractivity contribution >= 4 is 35.2 Å². The van der Waals surface area contributed by atoms with Crippen LogP contribution >= 0.6 is 0 Å². The first kappa shape index (κ1) is 25.0. The minimum Gasteiger partial charge on any atom is -0.507 e. The topological polar surface area (TPSA) is 71.7 Å². The molecule has 7 heteroatoms. The van der Waals surface area contributed by atoms with Crippen LogP contribution in [0.5, 0.6) is 11.5 Å². The number of benzene rings is 3. The van der Waals surface area contributed by atoms with Crippen molar-refractivity contribution in [3.05, 3.63) is 71.8 Å². The molecule has 184 valence electrons. The molecule has 5 rings (SSSR count). The van der Waals surface area contributed by atoms with Gasteiger partial charge < -0.3 is 20.0 Å². The normalized spacial score (nSPS) is 15.9. The summed E-state index contributed by atoms with van der Waals surface area (Å²) in [6.45, 7) is 4.19. The second-order valence-corrected chi connectivity index (χ2v) is 8.88. The standard InChI is InChI=1S/C28H30N4O2.Pt/c33-27-11-9-23(31-13-3-4-14-31)17-21(27)19-29-25-7-1-2-8-26(25)30-20-22-18-24(10-12-28(22)34)32-15-5-6-16-32;/h1-2,7-12,17-20,33-34H,3-6,13-16H2;. The minimum atomic E-state index is 0. The van der Waals surface area contributed by atoms with Crippen molar-refractivity contribution in [1.82, 2.24) is 0 Å². The van der Waals surface area contributed by atoms with E-state index in [1.165, 1.54) is 25.7 Å². The molecule has 0 unspecified atom stereocenters. The second kappa shape index (κ2) is 11.5. The van der Waals surface area contributed by atoms with Crippen LogP contribution in [0.4, 0.5) is 22.7 Å².